The number of rotatable bonds is 5. The minimum Gasteiger partial charge on any atom is -0.346 e. The van der Waals surface area contributed by atoms with Crippen LogP contribution in [0.4, 0.5) is 5.82 Å². The number of nitrogens with one attached hydrogen (secondary N) is 2. The van der Waals surface area contributed by atoms with Gasteiger partial charge >= 0.3 is 11.8 Å². The second kappa shape index (κ2) is 6.64. The summed E-state index contributed by atoms with van der Waals surface area (Å²) in [5.74, 6) is -0.365. The number of pyridine rings is 1. The molecule has 0 unspecified atom stereocenters. The van der Waals surface area contributed by atoms with Crippen LogP contribution in [0.1, 0.15) is 18.4 Å². The number of aryl methyl sites for hydroxylation is 1. The molecular weight excluding hydrogens is 326 g/mol. The number of nitrogens with zero attached hydrogens (tertiary/aromatic N) is 3. The molecule has 2 aromatic heterocycles. The fourth-order valence-electron chi connectivity index (χ4n) is 2.30. The zero-order chi connectivity index (χ0) is 17.2. The number of carbonyl (C=O) groups excluding carboxylic acids is 2. The van der Waals surface area contributed by atoms with Crippen LogP contribution in [-0.4, -0.2) is 44.1 Å². The first-order chi connectivity index (χ1) is 11.5. The second-order valence-corrected chi connectivity index (χ2v) is 7.12. The number of hydrogen-bond acceptors (Lipinski definition) is 5. The van der Waals surface area contributed by atoms with Crippen LogP contribution >= 0.6 is 11.8 Å². The molecule has 0 radical (unpaired) electrons. The van der Waals surface area contributed by atoms with E-state index in [1.165, 1.54) is 4.68 Å². The molecule has 2 heterocycles. The van der Waals surface area contributed by atoms with Gasteiger partial charge in [0.2, 0.25) is 0 Å². The van der Waals surface area contributed by atoms with E-state index in [0.29, 0.717) is 18.2 Å². The summed E-state index contributed by atoms with van der Waals surface area (Å²) in [6, 6.07) is 5.34. The van der Waals surface area contributed by atoms with Crippen molar-refractivity contribution in [3.05, 3.63) is 36.2 Å². The van der Waals surface area contributed by atoms with Crippen LogP contribution in [0.25, 0.3) is 5.82 Å². The van der Waals surface area contributed by atoms with Gasteiger partial charge in [-0.2, -0.15) is 21.5 Å². The molecule has 2 amide bonds. The van der Waals surface area contributed by atoms with Crippen molar-refractivity contribution in [2.24, 2.45) is 0 Å². The Balaban J connectivity index is 1.65. The Kier molecular flexibility index (Phi) is 4.57. The largest absolute Gasteiger partial charge is 0.346 e. The van der Waals surface area contributed by atoms with Crippen LogP contribution in [0.2, 0.25) is 0 Å². The molecule has 2 aromatic rings. The Labute approximate surface area is 144 Å². The third-order valence-corrected chi connectivity index (χ3v) is 5.44. The highest BCUT2D eigenvalue weighted by Crippen LogP contribution is 2.46. The van der Waals surface area contributed by atoms with Crippen molar-refractivity contribution in [1.29, 1.82) is 0 Å². The van der Waals surface area contributed by atoms with E-state index in [9.17, 15) is 9.59 Å². The summed E-state index contributed by atoms with van der Waals surface area (Å²) in [6.07, 6.45) is 7.38. The highest BCUT2D eigenvalue weighted by atomic mass is 32.2. The molecular formula is C16H19N5O2S. The van der Waals surface area contributed by atoms with Crippen molar-refractivity contribution in [1.82, 2.24) is 20.1 Å². The molecule has 0 aliphatic heterocycles. The van der Waals surface area contributed by atoms with Crippen LogP contribution in [0, 0.1) is 6.92 Å². The van der Waals surface area contributed by atoms with Crippen LogP contribution in [0.5, 0.6) is 0 Å². The average molecular weight is 345 g/mol. The molecule has 0 atom stereocenters. The molecule has 1 fully saturated rings. The lowest BCUT2D eigenvalue weighted by Gasteiger charge is -2.13. The Bertz CT molecular complexity index is 769. The summed E-state index contributed by atoms with van der Waals surface area (Å²) in [5.41, 5.74) is 1.03. The first kappa shape index (κ1) is 16.5. The van der Waals surface area contributed by atoms with Crippen LogP contribution in [0.3, 0.4) is 0 Å². The fourth-order valence-corrected chi connectivity index (χ4v) is 3.03. The number of carbonyl (C=O) groups is 2. The molecule has 0 saturated heterocycles. The van der Waals surface area contributed by atoms with Crippen LogP contribution < -0.4 is 10.6 Å². The standard InChI is InChI=1S/C16H19N5O2S/c1-11-3-7-17-13(9-11)21-12(4-8-19-21)20-15(23)14(22)18-10-16(24-2)5-6-16/h3-4,7-9H,5-6,10H2,1-2H3,(H,18,22)(H,20,23). The highest BCUT2D eigenvalue weighted by Gasteiger charge is 2.42. The van der Waals surface area contributed by atoms with Gasteiger partial charge in [0.1, 0.15) is 5.82 Å². The Morgan fingerprint density at radius 1 is 1.29 bits per heavy atom. The number of anilines is 1. The van der Waals surface area contributed by atoms with Gasteiger partial charge in [-0.3, -0.25) is 9.59 Å². The van der Waals surface area contributed by atoms with Gasteiger partial charge in [-0.05, 0) is 43.7 Å². The summed E-state index contributed by atoms with van der Waals surface area (Å²) in [5, 5.41) is 9.44. The molecule has 2 N–H and O–H groups in total. The molecule has 0 bridgehead atoms. The van der Waals surface area contributed by atoms with E-state index in [0.717, 1.165) is 18.4 Å². The Morgan fingerprint density at radius 3 is 2.75 bits per heavy atom. The average Bonchev–Trinajstić information content (AvgIpc) is 3.22. The summed E-state index contributed by atoms with van der Waals surface area (Å²) in [6.45, 7) is 2.46. The topological polar surface area (TPSA) is 88.9 Å². The van der Waals surface area contributed by atoms with E-state index in [-0.39, 0.29) is 4.75 Å². The molecule has 3 rings (SSSR count). The molecule has 0 aromatic carbocycles. The third kappa shape index (κ3) is 3.59. The number of amides is 2. The van der Waals surface area contributed by atoms with Crippen LogP contribution in [0.15, 0.2) is 30.6 Å². The van der Waals surface area contributed by atoms with Gasteiger partial charge in [0.05, 0.1) is 6.20 Å². The lowest BCUT2D eigenvalue weighted by Crippen LogP contribution is -2.39. The highest BCUT2D eigenvalue weighted by molar-refractivity contribution is 8.00. The second-order valence-electron chi connectivity index (χ2n) is 5.84. The molecule has 1 saturated carbocycles. The zero-order valence-electron chi connectivity index (χ0n) is 13.6. The van der Waals surface area contributed by atoms with Crippen molar-refractivity contribution >= 4 is 29.4 Å². The summed E-state index contributed by atoms with van der Waals surface area (Å²) in [4.78, 5) is 28.3. The van der Waals surface area contributed by atoms with Crippen molar-refractivity contribution < 1.29 is 9.59 Å². The Hall–Kier alpha value is -2.35. The zero-order valence-corrected chi connectivity index (χ0v) is 14.4. The fraction of sp³-hybridized carbons (Fsp3) is 0.375. The molecule has 1 aliphatic carbocycles. The molecule has 7 nitrogen and oxygen atoms in total. The third-order valence-electron chi connectivity index (χ3n) is 4.02. The molecule has 126 valence electrons. The number of aromatic nitrogens is 3. The van der Waals surface area contributed by atoms with E-state index in [4.69, 9.17) is 0 Å². The summed E-state index contributed by atoms with van der Waals surface area (Å²) in [7, 11) is 0. The maximum atomic E-state index is 12.1. The van der Waals surface area contributed by atoms with Gasteiger partial charge in [0.15, 0.2) is 5.82 Å². The first-order valence-electron chi connectivity index (χ1n) is 7.64. The number of hydrogen-bond donors (Lipinski definition) is 2. The number of thioether (sulfide) groups is 1. The molecule has 24 heavy (non-hydrogen) atoms. The maximum absolute atomic E-state index is 12.1. The maximum Gasteiger partial charge on any atom is 0.314 e. The lowest BCUT2D eigenvalue weighted by atomic mass is 10.3. The molecule has 0 spiro atoms. The Morgan fingerprint density at radius 2 is 2.08 bits per heavy atom. The van der Waals surface area contributed by atoms with Gasteiger partial charge in [0, 0.05) is 23.6 Å². The van der Waals surface area contributed by atoms with Crippen molar-refractivity contribution in [3.8, 4) is 5.82 Å². The van der Waals surface area contributed by atoms with Crippen molar-refractivity contribution in [3.63, 3.8) is 0 Å². The molecule has 8 heteroatoms. The minimum absolute atomic E-state index is 0.114. The predicted molar refractivity (Wildman–Crippen MR) is 93.2 cm³/mol. The smallest absolute Gasteiger partial charge is 0.314 e. The van der Waals surface area contributed by atoms with Gasteiger partial charge in [-0.25, -0.2) is 4.98 Å². The van der Waals surface area contributed by atoms with Gasteiger partial charge in [0.25, 0.3) is 0 Å². The summed E-state index contributed by atoms with van der Waals surface area (Å²) < 4.78 is 1.60. The van der Waals surface area contributed by atoms with Gasteiger partial charge in [-0.1, -0.05) is 0 Å². The lowest BCUT2D eigenvalue weighted by molar-refractivity contribution is -0.136. The van der Waals surface area contributed by atoms with E-state index < -0.39 is 11.8 Å². The SMILES string of the molecule is CSC1(CNC(=O)C(=O)Nc2ccnn2-c2cc(C)ccn2)CC1. The van der Waals surface area contributed by atoms with E-state index in [1.807, 2.05) is 25.3 Å². The van der Waals surface area contributed by atoms with E-state index in [1.54, 1.807) is 30.2 Å². The predicted octanol–water partition coefficient (Wildman–Crippen LogP) is 1.53. The van der Waals surface area contributed by atoms with E-state index in [2.05, 4.69) is 20.7 Å². The normalized spacial score (nSPS) is 14.9. The first-order valence-corrected chi connectivity index (χ1v) is 8.87. The van der Waals surface area contributed by atoms with Crippen LogP contribution in [-0.2, 0) is 9.59 Å². The quantitative estimate of drug-likeness (QED) is 0.802. The van der Waals surface area contributed by atoms with Gasteiger partial charge in [-0.15, -0.1) is 0 Å². The molecule has 1 aliphatic rings. The monoisotopic (exact) mass is 345 g/mol. The van der Waals surface area contributed by atoms with E-state index >= 15 is 0 Å². The van der Waals surface area contributed by atoms with Gasteiger partial charge < -0.3 is 10.6 Å². The van der Waals surface area contributed by atoms with Crippen molar-refractivity contribution in [2.45, 2.75) is 24.5 Å². The minimum atomic E-state index is -0.707. The summed E-state index contributed by atoms with van der Waals surface area (Å²) >= 11 is 1.73. The van der Waals surface area contributed by atoms with Crippen molar-refractivity contribution in [2.75, 3.05) is 18.1 Å².